The zero-order chi connectivity index (χ0) is 12.4. The van der Waals surface area contributed by atoms with E-state index in [2.05, 4.69) is 20.5 Å². The van der Waals surface area contributed by atoms with Crippen LogP contribution in [-0.2, 0) is 7.05 Å². The molecule has 1 aromatic carbocycles. The topological polar surface area (TPSA) is 60.6 Å². The minimum Gasteiger partial charge on any atom is -0.323 e. The van der Waals surface area contributed by atoms with Crippen LogP contribution in [0.5, 0.6) is 0 Å². The molecular formula is C12H12N6. The Bertz CT molecular complexity index is 640. The van der Waals surface area contributed by atoms with Crippen molar-refractivity contribution in [2.45, 2.75) is 0 Å². The van der Waals surface area contributed by atoms with Crippen LogP contribution in [0.1, 0.15) is 0 Å². The third kappa shape index (κ3) is 2.08. The molecule has 0 radical (unpaired) electrons. The molecular weight excluding hydrogens is 228 g/mol. The van der Waals surface area contributed by atoms with Gasteiger partial charge in [-0.15, -0.1) is 5.10 Å². The van der Waals surface area contributed by atoms with Gasteiger partial charge in [0.05, 0.1) is 5.69 Å². The van der Waals surface area contributed by atoms with Crippen LogP contribution in [0.3, 0.4) is 0 Å². The van der Waals surface area contributed by atoms with Crippen molar-refractivity contribution < 1.29 is 0 Å². The van der Waals surface area contributed by atoms with Gasteiger partial charge in [0.2, 0.25) is 5.95 Å². The number of aromatic nitrogens is 5. The highest BCUT2D eigenvalue weighted by molar-refractivity contribution is 5.56. The Labute approximate surface area is 104 Å². The number of hydrogen-bond acceptors (Lipinski definition) is 4. The minimum atomic E-state index is 0.579. The number of nitrogens with one attached hydrogen (secondary N) is 1. The molecule has 3 rings (SSSR count). The molecule has 90 valence electrons. The van der Waals surface area contributed by atoms with E-state index in [1.54, 1.807) is 21.9 Å². The molecule has 6 heteroatoms. The molecule has 0 atom stereocenters. The molecule has 0 spiro atoms. The Morgan fingerprint density at radius 1 is 1.22 bits per heavy atom. The average Bonchev–Trinajstić information content (AvgIpc) is 3.01. The van der Waals surface area contributed by atoms with E-state index >= 15 is 0 Å². The SMILES string of the molecule is Cn1cnc(Nc2cccc(-n3cccn3)c2)n1. The second kappa shape index (κ2) is 4.33. The molecule has 0 unspecified atom stereocenters. The smallest absolute Gasteiger partial charge is 0.246 e. The van der Waals surface area contributed by atoms with Crippen molar-refractivity contribution in [3.63, 3.8) is 0 Å². The van der Waals surface area contributed by atoms with Crippen molar-refractivity contribution in [3.05, 3.63) is 49.1 Å². The van der Waals surface area contributed by atoms with Crippen LogP contribution in [0.4, 0.5) is 11.6 Å². The fourth-order valence-electron chi connectivity index (χ4n) is 1.67. The van der Waals surface area contributed by atoms with E-state index in [0.29, 0.717) is 5.95 Å². The van der Waals surface area contributed by atoms with Crippen LogP contribution in [0.15, 0.2) is 49.1 Å². The molecule has 0 saturated heterocycles. The van der Waals surface area contributed by atoms with Gasteiger partial charge in [-0.25, -0.2) is 9.67 Å². The van der Waals surface area contributed by atoms with Crippen LogP contribution >= 0.6 is 0 Å². The highest BCUT2D eigenvalue weighted by atomic mass is 15.4. The predicted octanol–water partition coefficient (Wildman–Crippen LogP) is 1.74. The van der Waals surface area contributed by atoms with E-state index < -0.39 is 0 Å². The van der Waals surface area contributed by atoms with Crippen LogP contribution in [-0.4, -0.2) is 24.5 Å². The van der Waals surface area contributed by atoms with Gasteiger partial charge in [0.25, 0.3) is 0 Å². The lowest BCUT2D eigenvalue weighted by Crippen LogP contribution is -1.98. The molecule has 2 aromatic heterocycles. The first kappa shape index (κ1) is 10.5. The maximum absolute atomic E-state index is 4.19. The fraction of sp³-hybridized carbons (Fsp3) is 0.0833. The normalized spacial score (nSPS) is 10.5. The summed E-state index contributed by atoms with van der Waals surface area (Å²) in [5, 5.41) is 11.5. The van der Waals surface area contributed by atoms with Gasteiger partial charge in [0.15, 0.2) is 0 Å². The standard InChI is InChI=1S/C12H12N6/c1-17-9-13-12(16-17)15-10-4-2-5-11(8-10)18-7-3-6-14-18/h2-9H,1H3,(H,15,16). The van der Waals surface area contributed by atoms with Crippen LogP contribution < -0.4 is 5.32 Å². The lowest BCUT2D eigenvalue weighted by molar-refractivity contribution is 0.768. The molecule has 6 nitrogen and oxygen atoms in total. The molecule has 0 aliphatic rings. The highest BCUT2D eigenvalue weighted by Crippen LogP contribution is 2.16. The fourth-order valence-corrected chi connectivity index (χ4v) is 1.67. The molecule has 2 heterocycles. The van der Waals surface area contributed by atoms with Gasteiger partial charge in [0.1, 0.15) is 6.33 Å². The summed E-state index contributed by atoms with van der Waals surface area (Å²) in [5.74, 6) is 0.579. The molecule has 0 saturated carbocycles. The van der Waals surface area contributed by atoms with Crippen molar-refractivity contribution in [2.75, 3.05) is 5.32 Å². The number of anilines is 2. The van der Waals surface area contributed by atoms with Gasteiger partial charge in [-0.2, -0.15) is 5.10 Å². The number of rotatable bonds is 3. The second-order valence-corrected chi connectivity index (χ2v) is 3.87. The molecule has 0 fully saturated rings. The molecule has 18 heavy (non-hydrogen) atoms. The maximum Gasteiger partial charge on any atom is 0.246 e. The van der Waals surface area contributed by atoms with E-state index in [0.717, 1.165) is 11.4 Å². The first-order chi connectivity index (χ1) is 8.81. The van der Waals surface area contributed by atoms with Gasteiger partial charge in [-0.1, -0.05) is 6.07 Å². The summed E-state index contributed by atoms with van der Waals surface area (Å²) in [7, 11) is 1.83. The minimum absolute atomic E-state index is 0.579. The summed E-state index contributed by atoms with van der Waals surface area (Å²) < 4.78 is 3.46. The lowest BCUT2D eigenvalue weighted by Gasteiger charge is -2.05. The zero-order valence-electron chi connectivity index (χ0n) is 9.85. The van der Waals surface area contributed by atoms with E-state index in [1.807, 2.05) is 43.6 Å². The zero-order valence-corrected chi connectivity index (χ0v) is 9.85. The Kier molecular flexibility index (Phi) is 2.53. The summed E-state index contributed by atoms with van der Waals surface area (Å²) >= 11 is 0. The van der Waals surface area contributed by atoms with Crippen molar-refractivity contribution in [2.24, 2.45) is 7.05 Å². The van der Waals surface area contributed by atoms with Gasteiger partial charge in [-0.05, 0) is 24.3 Å². The number of hydrogen-bond donors (Lipinski definition) is 1. The summed E-state index contributed by atoms with van der Waals surface area (Å²) in [5.41, 5.74) is 1.91. The van der Waals surface area contributed by atoms with E-state index in [1.165, 1.54) is 0 Å². The average molecular weight is 240 g/mol. The summed E-state index contributed by atoms with van der Waals surface area (Å²) in [6.45, 7) is 0. The van der Waals surface area contributed by atoms with Gasteiger partial charge < -0.3 is 5.32 Å². The van der Waals surface area contributed by atoms with E-state index in [9.17, 15) is 0 Å². The summed E-state index contributed by atoms with van der Waals surface area (Å²) in [6, 6.07) is 9.79. The van der Waals surface area contributed by atoms with E-state index in [-0.39, 0.29) is 0 Å². The van der Waals surface area contributed by atoms with Crippen molar-refractivity contribution in [1.82, 2.24) is 24.5 Å². The third-order valence-corrected chi connectivity index (χ3v) is 2.47. The second-order valence-electron chi connectivity index (χ2n) is 3.87. The Hall–Kier alpha value is -2.63. The third-order valence-electron chi connectivity index (χ3n) is 2.47. The predicted molar refractivity (Wildman–Crippen MR) is 67.8 cm³/mol. The molecule has 0 bridgehead atoms. The van der Waals surface area contributed by atoms with E-state index in [4.69, 9.17) is 0 Å². The Balaban J connectivity index is 1.87. The van der Waals surface area contributed by atoms with Crippen molar-refractivity contribution >= 4 is 11.6 Å². The first-order valence-electron chi connectivity index (χ1n) is 5.54. The monoisotopic (exact) mass is 240 g/mol. The van der Waals surface area contributed by atoms with Crippen LogP contribution in [0, 0.1) is 0 Å². The number of aryl methyl sites for hydroxylation is 1. The first-order valence-corrected chi connectivity index (χ1v) is 5.54. The van der Waals surface area contributed by atoms with Crippen LogP contribution in [0.2, 0.25) is 0 Å². The molecule has 0 aliphatic carbocycles. The quantitative estimate of drug-likeness (QED) is 0.757. The van der Waals surface area contributed by atoms with Crippen molar-refractivity contribution in [3.8, 4) is 5.69 Å². The number of benzene rings is 1. The Morgan fingerprint density at radius 3 is 2.89 bits per heavy atom. The number of nitrogens with zero attached hydrogens (tertiary/aromatic N) is 5. The molecule has 0 amide bonds. The molecule has 3 aromatic rings. The summed E-state index contributed by atoms with van der Waals surface area (Å²) in [4.78, 5) is 4.12. The highest BCUT2D eigenvalue weighted by Gasteiger charge is 2.01. The van der Waals surface area contributed by atoms with Gasteiger partial charge >= 0.3 is 0 Å². The summed E-state index contributed by atoms with van der Waals surface area (Å²) in [6.07, 6.45) is 5.30. The Morgan fingerprint density at radius 2 is 2.17 bits per heavy atom. The maximum atomic E-state index is 4.19. The van der Waals surface area contributed by atoms with Crippen molar-refractivity contribution in [1.29, 1.82) is 0 Å². The molecule has 1 N–H and O–H groups in total. The molecule has 0 aliphatic heterocycles. The van der Waals surface area contributed by atoms with Gasteiger partial charge in [0, 0.05) is 25.1 Å². The van der Waals surface area contributed by atoms with Crippen LogP contribution in [0.25, 0.3) is 5.69 Å². The largest absolute Gasteiger partial charge is 0.323 e. The lowest BCUT2D eigenvalue weighted by atomic mass is 10.3. The van der Waals surface area contributed by atoms with Gasteiger partial charge in [-0.3, -0.25) is 4.68 Å².